The Morgan fingerprint density at radius 3 is 2.45 bits per heavy atom. The minimum absolute atomic E-state index is 0.356. The second-order valence-corrected chi connectivity index (χ2v) is 4.94. The van der Waals surface area contributed by atoms with Crippen molar-refractivity contribution in [2.75, 3.05) is 32.3 Å². The van der Waals surface area contributed by atoms with Crippen molar-refractivity contribution in [3.63, 3.8) is 0 Å². The van der Waals surface area contributed by atoms with Crippen molar-refractivity contribution in [1.82, 2.24) is 9.97 Å². The Labute approximate surface area is 126 Å². The maximum atomic E-state index is 6.09. The average Bonchev–Trinajstić information content (AvgIpc) is 2.43. The monoisotopic (exact) mass is 301 g/mol. The summed E-state index contributed by atoms with van der Waals surface area (Å²) in [5.74, 6) is 1.44. The van der Waals surface area contributed by atoms with Crippen molar-refractivity contribution in [1.29, 1.82) is 0 Å². The highest BCUT2D eigenvalue weighted by Crippen LogP contribution is 2.21. The molecule has 0 amide bonds. The molecule has 1 rings (SSSR count). The SMILES string of the molecule is CCC(CC)N(CCOC)c1cc(Cl)nc(COC)n1. The van der Waals surface area contributed by atoms with Crippen molar-refractivity contribution in [3.05, 3.63) is 17.0 Å². The van der Waals surface area contributed by atoms with Gasteiger partial charge in [-0.25, -0.2) is 9.97 Å². The molecule has 0 aromatic carbocycles. The van der Waals surface area contributed by atoms with E-state index in [9.17, 15) is 0 Å². The molecule has 0 saturated carbocycles. The molecule has 0 atom stereocenters. The topological polar surface area (TPSA) is 47.5 Å². The zero-order valence-electron chi connectivity index (χ0n) is 12.7. The third-order valence-corrected chi connectivity index (χ3v) is 3.41. The van der Waals surface area contributed by atoms with Crippen LogP contribution in [-0.4, -0.2) is 43.4 Å². The van der Waals surface area contributed by atoms with E-state index in [1.54, 1.807) is 20.3 Å². The van der Waals surface area contributed by atoms with Crippen LogP contribution in [0.25, 0.3) is 0 Å². The number of hydrogen-bond acceptors (Lipinski definition) is 5. The normalized spacial score (nSPS) is 11.1. The number of nitrogens with zero attached hydrogens (tertiary/aromatic N) is 3. The van der Waals surface area contributed by atoms with Crippen molar-refractivity contribution in [2.45, 2.75) is 39.3 Å². The number of methoxy groups -OCH3 is 2. The number of rotatable bonds is 9. The standard InChI is InChI=1S/C14H24ClN3O2/c1-5-11(6-2)18(7-8-19-3)14-9-12(15)16-13(17-14)10-20-4/h9,11H,5-8,10H2,1-4H3. The van der Waals surface area contributed by atoms with Crippen LogP contribution in [-0.2, 0) is 16.1 Å². The fourth-order valence-electron chi connectivity index (χ4n) is 2.20. The summed E-state index contributed by atoms with van der Waals surface area (Å²) in [6, 6.07) is 2.21. The van der Waals surface area contributed by atoms with Crippen molar-refractivity contribution in [2.24, 2.45) is 0 Å². The van der Waals surface area contributed by atoms with Crippen LogP contribution in [0.4, 0.5) is 5.82 Å². The van der Waals surface area contributed by atoms with Gasteiger partial charge >= 0.3 is 0 Å². The van der Waals surface area contributed by atoms with E-state index in [-0.39, 0.29) is 0 Å². The first-order chi connectivity index (χ1) is 9.65. The quantitative estimate of drug-likeness (QED) is 0.656. The molecule has 0 unspecified atom stereocenters. The van der Waals surface area contributed by atoms with Crippen LogP contribution < -0.4 is 4.90 Å². The van der Waals surface area contributed by atoms with E-state index < -0.39 is 0 Å². The predicted octanol–water partition coefficient (Wildman–Crippen LogP) is 2.92. The molecule has 0 aliphatic heterocycles. The Balaban J connectivity index is 3.04. The number of halogens is 1. The lowest BCUT2D eigenvalue weighted by Gasteiger charge is -2.31. The Bertz CT molecular complexity index is 400. The smallest absolute Gasteiger partial charge is 0.158 e. The first kappa shape index (κ1) is 17.1. The zero-order chi connectivity index (χ0) is 15.0. The molecule has 5 nitrogen and oxygen atoms in total. The van der Waals surface area contributed by atoms with E-state index in [4.69, 9.17) is 21.1 Å². The third-order valence-electron chi connectivity index (χ3n) is 3.21. The molecular weight excluding hydrogens is 278 g/mol. The molecule has 0 fully saturated rings. The predicted molar refractivity (Wildman–Crippen MR) is 81.3 cm³/mol. The highest BCUT2D eigenvalue weighted by atomic mass is 35.5. The molecule has 114 valence electrons. The van der Waals surface area contributed by atoms with Gasteiger partial charge in [0, 0.05) is 32.9 Å². The Hall–Kier alpha value is -0.910. The minimum Gasteiger partial charge on any atom is -0.383 e. The fraction of sp³-hybridized carbons (Fsp3) is 0.714. The van der Waals surface area contributed by atoms with Gasteiger partial charge in [-0.1, -0.05) is 25.4 Å². The number of hydrogen-bond donors (Lipinski definition) is 0. The Morgan fingerprint density at radius 2 is 1.90 bits per heavy atom. The molecule has 0 spiro atoms. The Morgan fingerprint density at radius 1 is 1.20 bits per heavy atom. The van der Waals surface area contributed by atoms with Crippen LogP contribution in [0.15, 0.2) is 6.07 Å². The summed E-state index contributed by atoms with van der Waals surface area (Å²) in [6.45, 7) is 6.13. The maximum Gasteiger partial charge on any atom is 0.158 e. The molecule has 0 bridgehead atoms. The third kappa shape index (κ3) is 4.89. The van der Waals surface area contributed by atoms with Gasteiger partial charge in [-0.05, 0) is 12.8 Å². The fourth-order valence-corrected chi connectivity index (χ4v) is 2.39. The van der Waals surface area contributed by atoms with Gasteiger partial charge < -0.3 is 14.4 Å². The second-order valence-electron chi connectivity index (χ2n) is 4.55. The molecule has 0 N–H and O–H groups in total. The van der Waals surface area contributed by atoms with E-state index >= 15 is 0 Å². The molecule has 20 heavy (non-hydrogen) atoms. The molecule has 0 saturated heterocycles. The number of anilines is 1. The average molecular weight is 302 g/mol. The van der Waals surface area contributed by atoms with Gasteiger partial charge in [-0.3, -0.25) is 0 Å². The van der Waals surface area contributed by atoms with Gasteiger partial charge in [0.1, 0.15) is 17.6 Å². The van der Waals surface area contributed by atoms with E-state index in [2.05, 4.69) is 28.7 Å². The number of aromatic nitrogens is 2. The second kappa shape index (κ2) is 9.10. The van der Waals surface area contributed by atoms with E-state index in [0.717, 1.165) is 25.2 Å². The minimum atomic E-state index is 0.356. The number of ether oxygens (including phenoxy) is 2. The van der Waals surface area contributed by atoms with Crippen molar-refractivity contribution < 1.29 is 9.47 Å². The summed E-state index contributed by atoms with van der Waals surface area (Å²) in [7, 11) is 3.32. The summed E-state index contributed by atoms with van der Waals surface area (Å²) in [5, 5.41) is 0.440. The molecular formula is C14H24ClN3O2. The lowest BCUT2D eigenvalue weighted by Crippen LogP contribution is -2.38. The maximum absolute atomic E-state index is 6.09. The molecule has 0 aliphatic rings. The van der Waals surface area contributed by atoms with Crippen LogP contribution in [0.2, 0.25) is 5.15 Å². The van der Waals surface area contributed by atoms with E-state index in [1.807, 2.05) is 0 Å². The summed E-state index contributed by atoms with van der Waals surface area (Å²) in [4.78, 5) is 10.9. The van der Waals surface area contributed by atoms with E-state index in [1.165, 1.54) is 0 Å². The lowest BCUT2D eigenvalue weighted by molar-refractivity contribution is 0.177. The molecule has 1 heterocycles. The molecule has 1 aromatic heterocycles. The molecule has 6 heteroatoms. The summed E-state index contributed by atoms with van der Waals surface area (Å²) in [5.41, 5.74) is 0. The zero-order valence-corrected chi connectivity index (χ0v) is 13.5. The van der Waals surface area contributed by atoms with Gasteiger partial charge in [0.2, 0.25) is 0 Å². The largest absolute Gasteiger partial charge is 0.383 e. The van der Waals surface area contributed by atoms with Gasteiger partial charge in [0.15, 0.2) is 5.82 Å². The first-order valence-corrected chi connectivity index (χ1v) is 7.31. The van der Waals surface area contributed by atoms with Gasteiger partial charge in [-0.2, -0.15) is 0 Å². The highest BCUT2D eigenvalue weighted by molar-refractivity contribution is 6.29. The molecule has 0 aliphatic carbocycles. The molecule has 0 radical (unpaired) electrons. The van der Waals surface area contributed by atoms with E-state index in [0.29, 0.717) is 30.2 Å². The van der Waals surface area contributed by atoms with Crippen LogP contribution in [0, 0.1) is 0 Å². The Kier molecular flexibility index (Phi) is 7.80. The highest BCUT2D eigenvalue weighted by Gasteiger charge is 2.18. The van der Waals surface area contributed by atoms with Crippen LogP contribution in [0.3, 0.4) is 0 Å². The molecule has 1 aromatic rings. The van der Waals surface area contributed by atoms with Gasteiger partial charge in [-0.15, -0.1) is 0 Å². The lowest BCUT2D eigenvalue weighted by atomic mass is 10.1. The van der Waals surface area contributed by atoms with Crippen LogP contribution >= 0.6 is 11.6 Å². The first-order valence-electron chi connectivity index (χ1n) is 6.94. The summed E-state index contributed by atoms with van der Waals surface area (Å²) < 4.78 is 10.3. The summed E-state index contributed by atoms with van der Waals surface area (Å²) in [6.07, 6.45) is 2.09. The van der Waals surface area contributed by atoms with Gasteiger partial charge in [0.25, 0.3) is 0 Å². The van der Waals surface area contributed by atoms with Gasteiger partial charge in [0.05, 0.1) is 6.61 Å². The summed E-state index contributed by atoms with van der Waals surface area (Å²) >= 11 is 6.09. The van der Waals surface area contributed by atoms with Crippen LogP contribution in [0.5, 0.6) is 0 Å². The van der Waals surface area contributed by atoms with Crippen molar-refractivity contribution in [3.8, 4) is 0 Å². The van der Waals surface area contributed by atoms with Crippen molar-refractivity contribution >= 4 is 17.4 Å². The van der Waals surface area contributed by atoms with Crippen LogP contribution in [0.1, 0.15) is 32.5 Å².